The standard InChI is InChI=1S/C20H24FN3O.2ClH/c1-14-2-7-17(22)12-19(14)20(25)23-18-8-10-24(11-9-18)13-15-3-5-16(21)6-4-15;;/h2-7,12,18H,8-11,13,22H2,1H3,(H,23,25);2*1H. The first kappa shape index (κ1) is 23.2. The summed E-state index contributed by atoms with van der Waals surface area (Å²) in [6.45, 7) is 4.56. The van der Waals surface area contributed by atoms with Gasteiger partial charge in [-0.2, -0.15) is 0 Å². The number of carbonyl (C=O) groups is 1. The molecule has 4 nitrogen and oxygen atoms in total. The Labute approximate surface area is 172 Å². The summed E-state index contributed by atoms with van der Waals surface area (Å²) in [7, 11) is 0. The number of nitrogen functional groups attached to an aromatic ring is 1. The van der Waals surface area contributed by atoms with Crippen LogP contribution in [0.15, 0.2) is 42.5 Å². The van der Waals surface area contributed by atoms with Crippen LogP contribution in [0.4, 0.5) is 10.1 Å². The molecule has 0 bridgehead atoms. The lowest BCUT2D eigenvalue weighted by Gasteiger charge is -2.32. The number of rotatable bonds is 4. The van der Waals surface area contributed by atoms with Crippen LogP contribution in [0.1, 0.15) is 34.3 Å². The Kier molecular flexibility index (Phi) is 9.03. The third-order valence-corrected chi connectivity index (χ3v) is 4.75. The lowest BCUT2D eigenvalue weighted by molar-refractivity contribution is 0.0908. The van der Waals surface area contributed by atoms with Gasteiger partial charge in [-0.25, -0.2) is 4.39 Å². The first-order chi connectivity index (χ1) is 12.0. The van der Waals surface area contributed by atoms with Crippen molar-refractivity contribution in [1.29, 1.82) is 0 Å². The number of halogens is 3. The molecular weight excluding hydrogens is 388 g/mol. The van der Waals surface area contributed by atoms with Crippen LogP contribution in [0, 0.1) is 12.7 Å². The van der Waals surface area contributed by atoms with Gasteiger partial charge >= 0.3 is 0 Å². The Hall–Kier alpha value is -1.82. The normalized spacial score (nSPS) is 14.7. The van der Waals surface area contributed by atoms with Crippen LogP contribution in [0.25, 0.3) is 0 Å². The molecule has 1 amide bonds. The summed E-state index contributed by atoms with van der Waals surface area (Å²) in [4.78, 5) is 14.8. The van der Waals surface area contributed by atoms with E-state index in [0.717, 1.165) is 43.6 Å². The number of nitrogens with two attached hydrogens (primary N) is 1. The number of aryl methyl sites for hydroxylation is 1. The number of likely N-dealkylation sites (tertiary alicyclic amines) is 1. The van der Waals surface area contributed by atoms with Gasteiger partial charge in [0, 0.05) is 36.9 Å². The van der Waals surface area contributed by atoms with Crippen molar-refractivity contribution in [2.24, 2.45) is 0 Å². The molecule has 0 unspecified atom stereocenters. The summed E-state index contributed by atoms with van der Waals surface area (Å²) in [6.07, 6.45) is 1.82. The van der Waals surface area contributed by atoms with Crippen LogP contribution in [0.3, 0.4) is 0 Å². The molecule has 3 rings (SSSR count). The molecule has 3 N–H and O–H groups in total. The molecule has 7 heteroatoms. The average molecular weight is 414 g/mol. The molecule has 0 aromatic heterocycles. The number of hydrogen-bond donors (Lipinski definition) is 2. The molecule has 0 aliphatic carbocycles. The van der Waals surface area contributed by atoms with Crippen molar-refractivity contribution in [3.63, 3.8) is 0 Å². The maximum atomic E-state index is 13.0. The molecule has 148 valence electrons. The highest BCUT2D eigenvalue weighted by atomic mass is 35.5. The van der Waals surface area contributed by atoms with Crippen molar-refractivity contribution in [3.8, 4) is 0 Å². The number of nitrogens with zero attached hydrogens (tertiary/aromatic N) is 1. The minimum Gasteiger partial charge on any atom is -0.399 e. The molecule has 1 fully saturated rings. The Morgan fingerprint density at radius 2 is 1.78 bits per heavy atom. The van der Waals surface area contributed by atoms with E-state index < -0.39 is 0 Å². The molecule has 0 atom stereocenters. The van der Waals surface area contributed by atoms with Crippen LogP contribution >= 0.6 is 24.8 Å². The van der Waals surface area contributed by atoms with Crippen LogP contribution in [0.2, 0.25) is 0 Å². The Morgan fingerprint density at radius 1 is 1.15 bits per heavy atom. The number of benzene rings is 2. The number of carbonyl (C=O) groups excluding carboxylic acids is 1. The van der Waals surface area contributed by atoms with Gasteiger partial charge in [-0.3, -0.25) is 9.69 Å². The van der Waals surface area contributed by atoms with Gasteiger partial charge < -0.3 is 11.1 Å². The maximum absolute atomic E-state index is 13.0. The molecule has 1 heterocycles. The summed E-state index contributed by atoms with van der Waals surface area (Å²) in [6, 6.07) is 12.2. The van der Waals surface area contributed by atoms with Gasteiger partial charge in [0.15, 0.2) is 0 Å². The van der Waals surface area contributed by atoms with E-state index in [1.54, 1.807) is 12.1 Å². The van der Waals surface area contributed by atoms with E-state index in [0.29, 0.717) is 11.3 Å². The van der Waals surface area contributed by atoms with Crippen LogP contribution in [-0.2, 0) is 6.54 Å². The predicted octanol–water partition coefficient (Wildman–Crippen LogP) is 3.95. The van der Waals surface area contributed by atoms with E-state index in [9.17, 15) is 9.18 Å². The predicted molar refractivity (Wildman–Crippen MR) is 112 cm³/mol. The van der Waals surface area contributed by atoms with Gasteiger partial charge in [0.25, 0.3) is 5.91 Å². The molecule has 0 saturated carbocycles. The second-order valence-corrected chi connectivity index (χ2v) is 6.72. The fraction of sp³-hybridized carbons (Fsp3) is 0.350. The lowest BCUT2D eigenvalue weighted by atomic mass is 10.0. The van der Waals surface area contributed by atoms with Gasteiger partial charge in [0.2, 0.25) is 0 Å². The number of nitrogens with one attached hydrogen (secondary N) is 1. The minimum atomic E-state index is -0.206. The SMILES string of the molecule is Cc1ccc(N)cc1C(=O)NC1CCN(Cc2ccc(F)cc2)CC1.Cl.Cl. The zero-order valence-electron chi connectivity index (χ0n) is 15.3. The average Bonchev–Trinajstić information content (AvgIpc) is 2.60. The summed E-state index contributed by atoms with van der Waals surface area (Å²) in [5.74, 6) is -0.260. The highest BCUT2D eigenvalue weighted by Gasteiger charge is 2.21. The van der Waals surface area contributed by atoms with Crippen molar-refractivity contribution >= 4 is 36.4 Å². The van der Waals surface area contributed by atoms with Gasteiger partial charge in [-0.05, 0) is 55.2 Å². The minimum absolute atomic E-state index is 0. The van der Waals surface area contributed by atoms with Gasteiger partial charge in [-0.1, -0.05) is 18.2 Å². The van der Waals surface area contributed by atoms with Gasteiger partial charge in [-0.15, -0.1) is 24.8 Å². The second-order valence-electron chi connectivity index (χ2n) is 6.72. The molecule has 2 aromatic carbocycles. The Morgan fingerprint density at radius 3 is 2.41 bits per heavy atom. The fourth-order valence-corrected chi connectivity index (χ4v) is 3.23. The van der Waals surface area contributed by atoms with E-state index in [1.165, 1.54) is 12.1 Å². The summed E-state index contributed by atoms with van der Waals surface area (Å²) >= 11 is 0. The lowest BCUT2D eigenvalue weighted by Crippen LogP contribution is -2.44. The van der Waals surface area contributed by atoms with Crippen molar-refractivity contribution in [1.82, 2.24) is 10.2 Å². The summed E-state index contributed by atoms with van der Waals surface area (Å²) < 4.78 is 13.0. The quantitative estimate of drug-likeness (QED) is 0.745. The molecule has 0 radical (unpaired) electrons. The Bertz CT molecular complexity index is 747. The van der Waals surface area contributed by atoms with E-state index in [2.05, 4.69) is 10.2 Å². The second kappa shape index (κ2) is 10.5. The topological polar surface area (TPSA) is 58.4 Å². The van der Waals surface area contributed by atoms with Crippen molar-refractivity contribution in [2.75, 3.05) is 18.8 Å². The van der Waals surface area contributed by atoms with E-state index in [4.69, 9.17) is 5.73 Å². The number of hydrogen-bond acceptors (Lipinski definition) is 3. The maximum Gasteiger partial charge on any atom is 0.251 e. The van der Waals surface area contributed by atoms with Crippen LogP contribution in [0.5, 0.6) is 0 Å². The van der Waals surface area contributed by atoms with Gasteiger partial charge in [0.1, 0.15) is 5.82 Å². The molecule has 1 saturated heterocycles. The third kappa shape index (κ3) is 6.38. The number of amides is 1. The highest BCUT2D eigenvalue weighted by molar-refractivity contribution is 5.96. The van der Waals surface area contributed by atoms with Gasteiger partial charge in [0.05, 0.1) is 0 Å². The third-order valence-electron chi connectivity index (χ3n) is 4.75. The van der Waals surface area contributed by atoms with Crippen molar-refractivity contribution in [3.05, 3.63) is 65.0 Å². The zero-order chi connectivity index (χ0) is 17.8. The van der Waals surface area contributed by atoms with E-state index >= 15 is 0 Å². The zero-order valence-corrected chi connectivity index (χ0v) is 16.9. The molecule has 1 aliphatic rings. The summed E-state index contributed by atoms with van der Waals surface area (Å²) in [5.41, 5.74) is 9.08. The summed E-state index contributed by atoms with van der Waals surface area (Å²) in [5, 5.41) is 3.12. The first-order valence-electron chi connectivity index (χ1n) is 8.65. The molecule has 0 spiro atoms. The first-order valence-corrected chi connectivity index (χ1v) is 8.65. The highest BCUT2D eigenvalue weighted by Crippen LogP contribution is 2.17. The van der Waals surface area contributed by atoms with Crippen LogP contribution in [-0.4, -0.2) is 29.9 Å². The van der Waals surface area contributed by atoms with Crippen molar-refractivity contribution < 1.29 is 9.18 Å². The van der Waals surface area contributed by atoms with E-state index in [1.807, 2.05) is 25.1 Å². The smallest absolute Gasteiger partial charge is 0.251 e. The molecular formula is C20H26Cl2FN3O. The number of anilines is 1. The Balaban J connectivity index is 0.00000182. The number of piperidine rings is 1. The van der Waals surface area contributed by atoms with E-state index in [-0.39, 0.29) is 42.6 Å². The fourth-order valence-electron chi connectivity index (χ4n) is 3.23. The molecule has 1 aliphatic heterocycles. The van der Waals surface area contributed by atoms with Crippen LogP contribution < -0.4 is 11.1 Å². The molecule has 2 aromatic rings. The monoisotopic (exact) mass is 413 g/mol. The van der Waals surface area contributed by atoms with Crippen molar-refractivity contribution in [2.45, 2.75) is 32.4 Å². The molecule has 27 heavy (non-hydrogen) atoms. The largest absolute Gasteiger partial charge is 0.399 e.